The van der Waals surface area contributed by atoms with Crippen molar-refractivity contribution in [1.82, 2.24) is 15.1 Å². The number of anilines is 1. The highest BCUT2D eigenvalue weighted by molar-refractivity contribution is 6.00. The Labute approximate surface area is 203 Å². The molecule has 0 radical (unpaired) electrons. The lowest BCUT2D eigenvalue weighted by molar-refractivity contribution is -0.275. The average molecular weight is 502 g/mol. The SMILES string of the molecule is O=C(c1ccc(OC(F)(F)F)c(F)c1)N1CCC2(CC1)CCN(c1ccc(-c3cn[nH]c3)cc1)C2=O. The Morgan fingerprint density at radius 2 is 1.69 bits per heavy atom. The van der Waals surface area contributed by atoms with Gasteiger partial charge in [0.1, 0.15) is 0 Å². The number of ether oxygens (including phenoxy) is 1. The van der Waals surface area contributed by atoms with E-state index in [1.54, 1.807) is 17.3 Å². The molecule has 0 unspecified atom stereocenters. The van der Waals surface area contributed by atoms with E-state index in [0.29, 0.717) is 38.9 Å². The zero-order valence-corrected chi connectivity index (χ0v) is 19.0. The lowest BCUT2D eigenvalue weighted by Crippen LogP contribution is -2.46. The second-order valence-electron chi connectivity index (χ2n) is 9.01. The summed E-state index contributed by atoms with van der Waals surface area (Å²) in [6.07, 6.45) is 0.0582. The zero-order valence-electron chi connectivity index (χ0n) is 19.0. The summed E-state index contributed by atoms with van der Waals surface area (Å²) < 4.78 is 54.8. The molecular formula is C25H22F4N4O3. The van der Waals surface area contributed by atoms with Crippen LogP contribution in [0.15, 0.2) is 54.9 Å². The molecule has 0 bridgehead atoms. The van der Waals surface area contributed by atoms with Gasteiger partial charge in [-0.15, -0.1) is 13.2 Å². The first-order valence-corrected chi connectivity index (χ1v) is 11.4. The van der Waals surface area contributed by atoms with Gasteiger partial charge < -0.3 is 14.5 Å². The number of nitrogens with one attached hydrogen (secondary N) is 1. The van der Waals surface area contributed by atoms with E-state index in [9.17, 15) is 27.2 Å². The van der Waals surface area contributed by atoms with Crippen molar-refractivity contribution in [1.29, 1.82) is 0 Å². The van der Waals surface area contributed by atoms with Crippen LogP contribution in [0.5, 0.6) is 5.75 Å². The minimum absolute atomic E-state index is 0.0188. The van der Waals surface area contributed by atoms with Gasteiger partial charge in [-0.25, -0.2) is 4.39 Å². The van der Waals surface area contributed by atoms with Crippen LogP contribution in [-0.2, 0) is 4.79 Å². The van der Waals surface area contributed by atoms with Crippen LogP contribution in [0, 0.1) is 11.2 Å². The number of likely N-dealkylation sites (tertiary alicyclic amines) is 1. The van der Waals surface area contributed by atoms with Crippen molar-refractivity contribution in [2.45, 2.75) is 25.6 Å². The number of rotatable bonds is 4. The van der Waals surface area contributed by atoms with E-state index in [-0.39, 0.29) is 11.5 Å². The summed E-state index contributed by atoms with van der Waals surface area (Å²) in [4.78, 5) is 29.5. The van der Waals surface area contributed by atoms with Gasteiger partial charge in [-0.05, 0) is 55.2 Å². The third-order valence-corrected chi connectivity index (χ3v) is 6.94. The normalized spacial score (nSPS) is 17.6. The Kier molecular flexibility index (Phi) is 5.93. The zero-order chi connectivity index (χ0) is 25.5. The molecule has 11 heteroatoms. The number of hydrogen-bond donors (Lipinski definition) is 1. The van der Waals surface area contributed by atoms with Gasteiger partial charge in [-0.1, -0.05) is 12.1 Å². The minimum atomic E-state index is -5.03. The second kappa shape index (κ2) is 8.96. The number of halogens is 4. The monoisotopic (exact) mass is 502 g/mol. The van der Waals surface area contributed by atoms with Gasteiger partial charge >= 0.3 is 6.36 Å². The van der Waals surface area contributed by atoms with Crippen LogP contribution in [0.2, 0.25) is 0 Å². The maximum atomic E-state index is 14.1. The maximum absolute atomic E-state index is 14.1. The first kappa shape index (κ1) is 23.8. The summed E-state index contributed by atoms with van der Waals surface area (Å²) in [5.41, 5.74) is 2.09. The Morgan fingerprint density at radius 1 is 1.00 bits per heavy atom. The molecule has 36 heavy (non-hydrogen) atoms. The molecule has 2 aromatic carbocycles. The highest BCUT2D eigenvalue weighted by atomic mass is 19.4. The van der Waals surface area contributed by atoms with Crippen molar-refractivity contribution in [2.24, 2.45) is 5.41 Å². The van der Waals surface area contributed by atoms with Crippen molar-refractivity contribution < 1.29 is 31.9 Å². The topological polar surface area (TPSA) is 78.5 Å². The number of aromatic nitrogens is 2. The van der Waals surface area contributed by atoms with Crippen LogP contribution in [0.25, 0.3) is 11.1 Å². The molecule has 0 aliphatic carbocycles. The summed E-state index contributed by atoms with van der Waals surface area (Å²) in [5.74, 6) is -2.75. The molecule has 188 valence electrons. The fourth-order valence-corrected chi connectivity index (χ4v) is 4.94. The molecule has 5 rings (SSSR count). The first-order chi connectivity index (χ1) is 17.2. The van der Waals surface area contributed by atoms with Gasteiger partial charge in [0.15, 0.2) is 11.6 Å². The molecule has 1 N–H and O–H groups in total. The van der Waals surface area contributed by atoms with Gasteiger partial charge in [-0.3, -0.25) is 14.7 Å². The number of benzene rings is 2. The predicted octanol–water partition coefficient (Wildman–Crippen LogP) is 4.77. The molecule has 1 spiro atoms. The number of carbonyl (C=O) groups excluding carboxylic acids is 2. The van der Waals surface area contributed by atoms with Crippen LogP contribution >= 0.6 is 0 Å². The van der Waals surface area contributed by atoms with Crippen molar-refractivity contribution >= 4 is 17.5 Å². The van der Waals surface area contributed by atoms with E-state index in [1.807, 2.05) is 24.3 Å². The predicted molar refractivity (Wildman–Crippen MR) is 122 cm³/mol. The largest absolute Gasteiger partial charge is 0.573 e. The molecule has 2 amide bonds. The molecule has 2 aliphatic rings. The molecule has 1 aromatic heterocycles. The van der Waals surface area contributed by atoms with Crippen LogP contribution in [0.4, 0.5) is 23.2 Å². The highest BCUT2D eigenvalue weighted by Gasteiger charge is 2.49. The van der Waals surface area contributed by atoms with Crippen molar-refractivity contribution in [3.8, 4) is 16.9 Å². The van der Waals surface area contributed by atoms with Crippen molar-refractivity contribution in [3.05, 3.63) is 66.2 Å². The number of nitrogens with zero attached hydrogens (tertiary/aromatic N) is 3. The van der Waals surface area contributed by atoms with E-state index < -0.39 is 29.3 Å². The molecule has 0 atom stereocenters. The fraction of sp³-hybridized carbons (Fsp3) is 0.320. The Hall–Kier alpha value is -3.89. The molecule has 2 aliphatic heterocycles. The van der Waals surface area contributed by atoms with Crippen LogP contribution in [0.1, 0.15) is 29.6 Å². The average Bonchev–Trinajstić information content (AvgIpc) is 3.49. The van der Waals surface area contributed by atoms with Gasteiger partial charge in [0, 0.05) is 42.6 Å². The first-order valence-electron chi connectivity index (χ1n) is 11.4. The Bertz CT molecular complexity index is 1270. The summed E-state index contributed by atoms with van der Waals surface area (Å²) in [7, 11) is 0. The highest BCUT2D eigenvalue weighted by Crippen LogP contribution is 2.43. The minimum Gasteiger partial charge on any atom is -0.403 e. The Morgan fingerprint density at radius 3 is 2.31 bits per heavy atom. The van der Waals surface area contributed by atoms with E-state index in [0.717, 1.165) is 35.0 Å². The number of carbonyl (C=O) groups is 2. The number of amides is 2. The molecule has 2 saturated heterocycles. The maximum Gasteiger partial charge on any atom is 0.573 e. The van der Waals surface area contributed by atoms with Gasteiger partial charge in [0.05, 0.1) is 11.6 Å². The number of hydrogen-bond acceptors (Lipinski definition) is 4. The summed E-state index contributed by atoms with van der Waals surface area (Å²) in [6, 6.07) is 10.3. The number of aromatic amines is 1. The number of alkyl halides is 3. The van der Waals surface area contributed by atoms with Gasteiger partial charge in [0.2, 0.25) is 5.91 Å². The van der Waals surface area contributed by atoms with Crippen LogP contribution in [0.3, 0.4) is 0 Å². The molecule has 0 saturated carbocycles. The van der Waals surface area contributed by atoms with Gasteiger partial charge in [-0.2, -0.15) is 5.10 Å². The van der Waals surface area contributed by atoms with Gasteiger partial charge in [0.25, 0.3) is 5.91 Å². The lowest BCUT2D eigenvalue weighted by Gasteiger charge is -2.38. The van der Waals surface area contributed by atoms with Crippen LogP contribution in [-0.4, -0.2) is 52.9 Å². The number of H-pyrrole nitrogens is 1. The molecule has 7 nitrogen and oxygen atoms in total. The summed E-state index contributed by atoms with van der Waals surface area (Å²) in [6.45, 7) is 1.16. The third-order valence-electron chi connectivity index (χ3n) is 6.94. The molecule has 2 fully saturated rings. The quantitative estimate of drug-likeness (QED) is 0.522. The molecule has 3 heterocycles. The molecular weight excluding hydrogens is 480 g/mol. The van der Waals surface area contributed by atoms with E-state index in [2.05, 4.69) is 14.9 Å². The van der Waals surface area contributed by atoms with E-state index in [4.69, 9.17) is 0 Å². The van der Waals surface area contributed by atoms with Crippen molar-refractivity contribution in [3.63, 3.8) is 0 Å². The Balaban J connectivity index is 1.23. The van der Waals surface area contributed by atoms with Crippen molar-refractivity contribution in [2.75, 3.05) is 24.5 Å². The van der Waals surface area contributed by atoms with E-state index in [1.165, 1.54) is 4.90 Å². The fourth-order valence-electron chi connectivity index (χ4n) is 4.94. The lowest BCUT2D eigenvalue weighted by atomic mass is 9.77. The number of piperidine rings is 1. The summed E-state index contributed by atoms with van der Waals surface area (Å²) in [5, 5.41) is 6.71. The summed E-state index contributed by atoms with van der Waals surface area (Å²) >= 11 is 0. The standard InChI is InChI=1S/C25H22F4N4O3/c26-20-13-17(3-6-21(20)36-25(27,28)29)22(34)32-10-7-24(8-11-32)9-12-33(23(24)35)19-4-1-16(2-5-19)18-14-30-31-15-18/h1-6,13-15H,7-12H2,(H,30,31). The van der Waals surface area contributed by atoms with E-state index >= 15 is 0 Å². The molecule has 3 aromatic rings. The van der Waals surface area contributed by atoms with Crippen LogP contribution < -0.4 is 9.64 Å². The second-order valence-corrected chi connectivity index (χ2v) is 9.01. The smallest absolute Gasteiger partial charge is 0.403 e. The third kappa shape index (κ3) is 4.52.